The standard InChI is InChI=1S/C15H21NO6S/c1-5-16-23(19,20)12-8-6-11(7-9-12)14(18)21-10-13(17)22-15(2,3)4/h6-9,16H,5,10H2,1-4H3. The first-order chi connectivity index (χ1) is 10.5. The van der Waals surface area contributed by atoms with Gasteiger partial charge in [-0.2, -0.15) is 0 Å². The summed E-state index contributed by atoms with van der Waals surface area (Å²) in [5, 5.41) is 0. The van der Waals surface area contributed by atoms with E-state index >= 15 is 0 Å². The smallest absolute Gasteiger partial charge is 0.344 e. The number of sulfonamides is 1. The summed E-state index contributed by atoms with van der Waals surface area (Å²) in [4.78, 5) is 23.3. The summed E-state index contributed by atoms with van der Waals surface area (Å²) in [6.45, 7) is 6.54. The zero-order chi connectivity index (χ0) is 17.7. The lowest BCUT2D eigenvalue weighted by atomic mass is 10.2. The molecule has 0 saturated heterocycles. The fourth-order valence-electron chi connectivity index (χ4n) is 1.62. The molecule has 0 aliphatic rings. The number of carbonyl (C=O) groups excluding carboxylic acids is 2. The third kappa shape index (κ3) is 6.37. The molecule has 0 spiro atoms. The van der Waals surface area contributed by atoms with E-state index in [-0.39, 0.29) is 17.0 Å². The second-order valence-corrected chi connectivity index (χ2v) is 7.46. The maximum atomic E-state index is 11.8. The van der Waals surface area contributed by atoms with Gasteiger partial charge in [-0.15, -0.1) is 0 Å². The fraction of sp³-hybridized carbons (Fsp3) is 0.467. The maximum Gasteiger partial charge on any atom is 0.344 e. The summed E-state index contributed by atoms with van der Waals surface area (Å²) in [7, 11) is -3.58. The number of benzene rings is 1. The lowest BCUT2D eigenvalue weighted by Gasteiger charge is -2.19. The van der Waals surface area contributed by atoms with Gasteiger partial charge in [0.2, 0.25) is 10.0 Å². The Kier molecular flexibility index (Phi) is 6.28. The van der Waals surface area contributed by atoms with Crippen molar-refractivity contribution in [3.05, 3.63) is 29.8 Å². The number of nitrogens with one attached hydrogen (secondary N) is 1. The maximum absolute atomic E-state index is 11.8. The highest BCUT2D eigenvalue weighted by Crippen LogP contribution is 2.12. The van der Waals surface area contributed by atoms with Gasteiger partial charge in [0.25, 0.3) is 0 Å². The van der Waals surface area contributed by atoms with Crippen molar-refractivity contribution in [3.63, 3.8) is 0 Å². The largest absolute Gasteiger partial charge is 0.457 e. The van der Waals surface area contributed by atoms with E-state index in [4.69, 9.17) is 9.47 Å². The first-order valence-corrected chi connectivity index (χ1v) is 8.52. The predicted octanol–water partition coefficient (Wildman–Crippen LogP) is 1.48. The van der Waals surface area contributed by atoms with E-state index in [1.54, 1.807) is 27.7 Å². The third-order valence-corrected chi connectivity index (χ3v) is 4.04. The normalized spacial score (nSPS) is 11.8. The quantitative estimate of drug-likeness (QED) is 0.786. The van der Waals surface area contributed by atoms with E-state index in [0.717, 1.165) is 0 Å². The molecule has 1 N–H and O–H groups in total. The van der Waals surface area contributed by atoms with Crippen LogP contribution in [0.15, 0.2) is 29.2 Å². The molecule has 0 aromatic heterocycles. The van der Waals surface area contributed by atoms with Gasteiger partial charge in [-0.25, -0.2) is 22.7 Å². The topological polar surface area (TPSA) is 98.8 Å². The molecule has 0 saturated carbocycles. The lowest BCUT2D eigenvalue weighted by Crippen LogP contribution is -2.27. The Balaban J connectivity index is 2.67. The van der Waals surface area contributed by atoms with E-state index in [2.05, 4.69) is 4.72 Å². The molecule has 1 rings (SSSR count). The number of rotatable bonds is 6. The van der Waals surface area contributed by atoms with Crippen LogP contribution >= 0.6 is 0 Å². The van der Waals surface area contributed by atoms with Crippen LogP contribution in [0.4, 0.5) is 0 Å². The molecule has 23 heavy (non-hydrogen) atoms. The third-order valence-electron chi connectivity index (χ3n) is 2.48. The molecule has 7 nitrogen and oxygen atoms in total. The molecule has 0 bridgehead atoms. The average molecular weight is 343 g/mol. The highest BCUT2D eigenvalue weighted by molar-refractivity contribution is 7.89. The molecule has 0 fully saturated rings. The summed E-state index contributed by atoms with van der Waals surface area (Å²) >= 11 is 0. The highest BCUT2D eigenvalue weighted by Gasteiger charge is 2.19. The van der Waals surface area contributed by atoms with Crippen LogP contribution in [0.5, 0.6) is 0 Å². The second-order valence-electron chi connectivity index (χ2n) is 5.69. The molecule has 0 aliphatic heterocycles. The van der Waals surface area contributed by atoms with Crippen LogP contribution in [-0.4, -0.2) is 39.1 Å². The minimum atomic E-state index is -3.58. The van der Waals surface area contributed by atoms with Crippen molar-refractivity contribution >= 4 is 22.0 Å². The molecular formula is C15H21NO6S. The van der Waals surface area contributed by atoms with Crippen molar-refractivity contribution in [2.24, 2.45) is 0 Å². The van der Waals surface area contributed by atoms with Gasteiger partial charge < -0.3 is 9.47 Å². The summed E-state index contributed by atoms with van der Waals surface area (Å²) in [6.07, 6.45) is 0. The van der Waals surface area contributed by atoms with Gasteiger partial charge in [0.05, 0.1) is 10.5 Å². The van der Waals surface area contributed by atoms with E-state index in [1.807, 2.05) is 0 Å². The number of esters is 2. The molecule has 0 unspecified atom stereocenters. The molecule has 1 aromatic rings. The monoisotopic (exact) mass is 343 g/mol. The summed E-state index contributed by atoms with van der Waals surface area (Å²) < 4.78 is 35.7. The van der Waals surface area contributed by atoms with E-state index < -0.39 is 34.2 Å². The minimum Gasteiger partial charge on any atom is -0.457 e. The Morgan fingerprint density at radius 3 is 2.17 bits per heavy atom. The van der Waals surface area contributed by atoms with Crippen LogP contribution < -0.4 is 4.72 Å². The van der Waals surface area contributed by atoms with Crippen LogP contribution in [0.3, 0.4) is 0 Å². The van der Waals surface area contributed by atoms with Crippen LogP contribution in [0.2, 0.25) is 0 Å². The number of ether oxygens (including phenoxy) is 2. The van der Waals surface area contributed by atoms with Gasteiger partial charge in [0.15, 0.2) is 6.61 Å². The molecular weight excluding hydrogens is 322 g/mol. The molecule has 0 heterocycles. The lowest BCUT2D eigenvalue weighted by molar-refractivity contribution is -0.158. The van der Waals surface area contributed by atoms with Crippen molar-refractivity contribution in [1.29, 1.82) is 0 Å². The summed E-state index contributed by atoms with van der Waals surface area (Å²) in [5.41, 5.74) is -0.518. The van der Waals surface area contributed by atoms with Gasteiger partial charge in [-0.3, -0.25) is 0 Å². The van der Waals surface area contributed by atoms with Crippen molar-refractivity contribution in [1.82, 2.24) is 4.72 Å². The minimum absolute atomic E-state index is 0.0445. The molecule has 0 aliphatic carbocycles. The van der Waals surface area contributed by atoms with Gasteiger partial charge in [0, 0.05) is 6.54 Å². The van der Waals surface area contributed by atoms with Gasteiger partial charge >= 0.3 is 11.9 Å². The average Bonchev–Trinajstić information content (AvgIpc) is 2.43. The molecule has 0 radical (unpaired) electrons. The number of carbonyl (C=O) groups is 2. The van der Waals surface area contributed by atoms with Crippen LogP contribution in [0.25, 0.3) is 0 Å². The van der Waals surface area contributed by atoms with Gasteiger partial charge in [-0.05, 0) is 45.0 Å². The fourth-order valence-corrected chi connectivity index (χ4v) is 2.66. The van der Waals surface area contributed by atoms with E-state index in [9.17, 15) is 18.0 Å². The van der Waals surface area contributed by atoms with Crippen molar-refractivity contribution in [3.8, 4) is 0 Å². The summed E-state index contributed by atoms with van der Waals surface area (Å²) in [6, 6.07) is 5.23. The summed E-state index contributed by atoms with van der Waals surface area (Å²) in [5.74, 6) is -1.39. The van der Waals surface area contributed by atoms with Crippen LogP contribution in [-0.2, 0) is 24.3 Å². The van der Waals surface area contributed by atoms with E-state index in [0.29, 0.717) is 0 Å². The SMILES string of the molecule is CCNS(=O)(=O)c1ccc(C(=O)OCC(=O)OC(C)(C)C)cc1. The van der Waals surface area contributed by atoms with Gasteiger partial charge in [0.1, 0.15) is 5.60 Å². The predicted molar refractivity (Wildman–Crippen MR) is 83.4 cm³/mol. The molecule has 0 atom stereocenters. The Hall–Kier alpha value is -1.93. The Morgan fingerprint density at radius 1 is 1.13 bits per heavy atom. The highest BCUT2D eigenvalue weighted by atomic mass is 32.2. The van der Waals surface area contributed by atoms with Crippen molar-refractivity contribution < 1.29 is 27.5 Å². The first-order valence-electron chi connectivity index (χ1n) is 7.04. The zero-order valence-electron chi connectivity index (χ0n) is 13.6. The van der Waals surface area contributed by atoms with Gasteiger partial charge in [-0.1, -0.05) is 6.92 Å². The molecule has 1 aromatic carbocycles. The molecule has 8 heteroatoms. The van der Waals surface area contributed by atoms with Crippen LogP contribution in [0, 0.1) is 0 Å². The number of hydrogen-bond acceptors (Lipinski definition) is 6. The van der Waals surface area contributed by atoms with E-state index in [1.165, 1.54) is 24.3 Å². The second kappa shape index (κ2) is 7.56. The zero-order valence-corrected chi connectivity index (χ0v) is 14.4. The number of hydrogen-bond donors (Lipinski definition) is 1. The van der Waals surface area contributed by atoms with Crippen molar-refractivity contribution in [2.75, 3.05) is 13.2 Å². The Labute approximate surface area is 136 Å². The van der Waals surface area contributed by atoms with Crippen LogP contribution in [0.1, 0.15) is 38.1 Å². The Morgan fingerprint density at radius 2 is 1.70 bits per heavy atom. The molecule has 0 amide bonds. The van der Waals surface area contributed by atoms with Crippen molar-refractivity contribution in [2.45, 2.75) is 38.2 Å². The molecule has 128 valence electrons. The Bertz CT molecular complexity index is 658. The first kappa shape index (κ1) is 19.1.